The average molecular weight is 305 g/mol. The van der Waals surface area contributed by atoms with Crippen LogP contribution in [0.5, 0.6) is 0 Å². The van der Waals surface area contributed by atoms with Crippen LogP contribution in [0, 0.1) is 17.2 Å². The third kappa shape index (κ3) is 3.02. The second kappa shape index (κ2) is 5.65. The molecule has 120 valence electrons. The smallest absolute Gasteiger partial charge is 0.226 e. The number of rotatable bonds is 3. The Labute approximate surface area is 131 Å². The molecule has 0 aromatic heterocycles. The Morgan fingerprint density at radius 1 is 1.36 bits per heavy atom. The molecular formula is C18H24FNO2. The molecular weight excluding hydrogens is 281 g/mol. The summed E-state index contributed by atoms with van der Waals surface area (Å²) in [6, 6.07) is 6.28. The van der Waals surface area contributed by atoms with E-state index in [1.807, 2.05) is 6.07 Å². The van der Waals surface area contributed by atoms with Gasteiger partial charge in [0.15, 0.2) is 0 Å². The van der Waals surface area contributed by atoms with Crippen LogP contribution in [0.3, 0.4) is 0 Å². The molecule has 4 atom stereocenters. The van der Waals surface area contributed by atoms with Gasteiger partial charge in [-0.15, -0.1) is 0 Å². The number of hydrogen-bond donors (Lipinski definition) is 1. The van der Waals surface area contributed by atoms with Crippen molar-refractivity contribution in [3.05, 3.63) is 35.6 Å². The first kappa shape index (κ1) is 15.5. The summed E-state index contributed by atoms with van der Waals surface area (Å²) < 4.78 is 19.3. The van der Waals surface area contributed by atoms with E-state index in [0.717, 1.165) is 24.8 Å². The quantitative estimate of drug-likeness (QED) is 0.926. The zero-order chi connectivity index (χ0) is 15.9. The van der Waals surface area contributed by atoms with E-state index in [1.54, 1.807) is 6.07 Å². The molecule has 0 spiro atoms. The molecule has 2 saturated heterocycles. The number of carbonyl (C=O) groups is 1. The van der Waals surface area contributed by atoms with Gasteiger partial charge < -0.3 is 10.1 Å². The predicted molar refractivity (Wildman–Crippen MR) is 82.7 cm³/mol. The molecule has 0 saturated carbocycles. The maximum Gasteiger partial charge on any atom is 0.226 e. The summed E-state index contributed by atoms with van der Waals surface area (Å²) in [6.07, 6.45) is 3.18. The second-order valence-corrected chi connectivity index (χ2v) is 7.58. The Kier molecular flexibility index (Phi) is 3.98. The van der Waals surface area contributed by atoms with E-state index in [9.17, 15) is 9.18 Å². The number of halogens is 1. The molecule has 22 heavy (non-hydrogen) atoms. The minimum absolute atomic E-state index is 0.0383. The van der Waals surface area contributed by atoms with Crippen molar-refractivity contribution in [2.45, 2.75) is 58.3 Å². The zero-order valence-corrected chi connectivity index (χ0v) is 13.4. The van der Waals surface area contributed by atoms with Crippen LogP contribution in [0.4, 0.5) is 4.39 Å². The summed E-state index contributed by atoms with van der Waals surface area (Å²) in [5.74, 6) is -0.294. The Hall–Kier alpha value is -1.42. The molecule has 3 nitrogen and oxygen atoms in total. The van der Waals surface area contributed by atoms with Crippen molar-refractivity contribution in [1.82, 2.24) is 5.32 Å². The van der Waals surface area contributed by atoms with Gasteiger partial charge in [0.2, 0.25) is 5.91 Å². The summed E-state index contributed by atoms with van der Waals surface area (Å²) in [5.41, 5.74) is 0.618. The highest BCUT2D eigenvalue weighted by Gasteiger charge is 2.45. The van der Waals surface area contributed by atoms with Crippen molar-refractivity contribution in [2.75, 3.05) is 0 Å². The molecule has 1 N–H and O–H groups in total. The fourth-order valence-electron chi connectivity index (χ4n) is 3.65. The summed E-state index contributed by atoms with van der Waals surface area (Å²) in [5, 5.41) is 3.14. The van der Waals surface area contributed by atoms with Gasteiger partial charge in [-0.2, -0.15) is 0 Å². The molecule has 0 radical (unpaired) electrons. The van der Waals surface area contributed by atoms with Gasteiger partial charge >= 0.3 is 0 Å². The number of benzene rings is 1. The Balaban J connectivity index is 1.77. The molecule has 2 aliphatic heterocycles. The molecule has 3 rings (SSSR count). The summed E-state index contributed by atoms with van der Waals surface area (Å²) in [4.78, 5) is 12.7. The Morgan fingerprint density at radius 2 is 2.14 bits per heavy atom. The van der Waals surface area contributed by atoms with Crippen LogP contribution in [-0.4, -0.2) is 18.1 Å². The number of hydrogen-bond acceptors (Lipinski definition) is 2. The van der Waals surface area contributed by atoms with Crippen molar-refractivity contribution in [3.63, 3.8) is 0 Å². The van der Waals surface area contributed by atoms with E-state index >= 15 is 0 Å². The molecule has 1 aromatic rings. The predicted octanol–water partition coefficient (Wildman–Crippen LogP) is 3.60. The van der Waals surface area contributed by atoms with E-state index in [0.29, 0.717) is 0 Å². The molecule has 2 bridgehead atoms. The van der Waals surface area contributed by atoms with Crippen molar-refractivity contribution in [3.8, 4) is 0 Å². The van der Waals surface area contributed by atoms with Gasteiger partial charge in [-0.3, -0.25) is 4.79 Å². The van der Waals surface area contributed by atoms with E-state index in [2.05, 4.69) is 26.1 Å². The Bertz CT molecular complexity index is 566. The highest BCUT2D eigenvalue weighted by atomic mass is 19.1. The first-order valence-electron chi connectivity index (χ1n) is 8.06. The zero-order valence-electron chi connectivity index (χ0n) is 13.4. The largest absolute Gasteiger partial charge is 0.374 e. The topological polar surface area (TPSA) is 38.3 Å². The van der Waals surface area contributed by atoms with Crippen molar-refractivity contribution in [1.29, 1.82) is 0 Å². The molecule has 0 unspecified atom stereocenters. The number of carbonyl (C=O) groups excluding carboxylic acids is 1. The lowest BCUT2D eigenvalue weighted by Gasteiger charge is -2.33. The van der Waals surface area contributed by atoms with Gasteiger partial charge in [-0.1, -0.05) is 32.9 Å². The minimum Gasteiger partial charge on any atom is -0.374 e. The molecule has 1 amide bonds. The van der Waals surface area contributed by atoms with Gasteiger partial charge in [-0.05, 0) is 42.4 Å². The summed E-state index contributed by atoms with van der Waals surface area (Å²) in [7, 11) is 0. The van der Waals surface area contributed by atoms with E-state index in [1.165, 1.54) is 12.1 Å². The molecule has 0 aliphatic carbocycles. The lowest BCUT2D eigenvalue weighted by Crippen LogP contribution is -2.42. The average Bonchev–Trinajstić information content (AvgIpc) is 3.05. The first-order valence-corrected chi connectivity index (χ1v) is 8.06. The maximum absolute atomic E-state index is 13.5. The summed E-state index contributed by atoms with van der Waals surface area (Å²) >= 11 is 0. The number of amides is 1. The molecule has 1 aromatic carbocycles. The van der Waals surface area contributed by atoms with Crippen LogP contribution in [0.2, 0.25) is 0 Å². The van der Waals surface area contributed by atoms with Crippen molar-refractivity contribution < 1.29 is 13.9 Å². The van der Waals surface area contributed by atoms with Gasteiger partial charge in [0.1, 0.15) is 5.82 Å². The minimum atomic E-state index is -0.274. The highest BCUT2D eigenvalue weighted by Crippen LogP contribution is 2.40. The van der Waals surface area contributed by atoms with Crippen LogP contribution in [-0.2, 0) is 9.53 Å². The third-order valence-electron chi connectivity index (χ3n) is 4.78. The van der Waals surface area contributed by atoms with Crippen LogP contribution < -0.4 is 5.32 Å². The number of nitrogens with one attached hydrogen (secondary N) is 1. The van der Waals surface area contributed by atoms with Gasteiger partial charge in [0, 0.05) is 0 Å². The third-order valence-corrected chi connectivity index (χ3v) is 4.78. The van der Waals surface area contributed by atoms with Gasteiger partial charge in [0.05, 0.1) is 24.2 Å². The number of fused-ring (bicyclic) bond motifs is 2. The van der Waals surface area contributed by atoms with Gasteiger partial charge in [-0.25, -0.2) is 4.39 Å². The van der Waals surface area contributed by atoms with Crippen molar-refractivity contribution >= 4 is 5.91 Å². The van der Waals surface area contributed by atoms with Crippen molar-refractivity contribution in [2.24, 2.45) is 11.3 Å². The Morgan fingerprint density at radius 3 is 2.68 bits per heavy atom. The standard InChI is InChI=1S/C18H24FNO2/c1-18(2,3)16(11-5-4-6-12(19)9-11)20-17(21)14-10-13-7-8-15(14)22-13/h4-6,9,13-16H,7-8,10H2,1-3H3,(H,20,21)/t13-,14-,15-,16+/m1/s1. The molecule has 2 heterocycles. The molecule has 2 aliphatic rings. The van der Waals surface area contributed by atoms with E-state index < -0.39 is 0 Å². The monoisotopic (exact) mass is 305 g/mol. The highest BCUT2D eigenvalue weighted by molar-refractivity contribution is 5.80. The maximum atomic E-state index is 13.5. The fourth-order valence-corrected chi connectivity index (χ4v) is 3.65. The first-order chi connectivity index (χ1) is 10.3. The van der Waals surface area contributed by atoms with Crippen LogP contribution in [0.15, 0.2) is 24.3 Å². The second-order valence-electron chi connectivity index (χ2n) is 7.58. The lowest BCUT2D eigenvalue weighted by atomic mass is 9.81. The van der Waals surface area contributed by atoms with E-state index in [-0.39, 0.29) is 41.3 Å². The SMILES string of the molecule is CC(C)(C)[C@@H](NC(=O)[C@@H]1C[C@H]2CC[C@H]1O2)c1cccc(F)c1. The van der Waals surface area contributed by atoms with E-state index in [4.69, 9.17) is 4.74 Å². The van der Waals surface area contributed by atoms with Crippen LogP contribution in [0.1, 0.15) is 51.6 Å². The fraction of sp³-hybridized carbons (Fsp3) is 0.611. The lowest BCUT2D eigenvalue weighted by molar-refractivity contribution is -0.128. The van der Waals surface area contributed by atoms with Gasteiger partial charge in [0.25, 0.3) is 0 Å². The number of ether oxygens (including phenoxy) is 1. The van der Waals surface area contributed by atoms with Crippen LogP contribution in [0.25, 0.3) is 0 Å². The molecule has 2 fully saturated rings. The normalized spacial score (nSPS) is 28.6. The van der Waals surface area contributed by atoms with Crippen LogP contribution >= 0.6 is 0 Å². The summed E-state index contributed by atoms with van der Waals surface area (Å²) in [6.45, 7) is 6.17. The molecule has 4 heteroatoms.